The molecule has 0 aromatic carbocycles. The second-order valence-electron chi connectivity index (χ2n) is 8.24. The van der Waals surface area contributed by atoms with E-state index in [0.29, 0.717) is 27.7 Å². The zero-order valence-corrected chi connectivity index (χ0v) is 28.9. The van der Waals surface area contributed by atoms with Gasteiger partial charge in [-0.2, -0.15) is 0 Å². The van der Waals surface area contributed by atoms with Gasteiger partial charge in [0.05, 0.1) is 0 Å². The molecule has 0 amide bonds. The van der Waals surface area contributed by atoms with Crippen LogP contribution in [0.15, 0.2) is 0 Å². The van der Waals surface area contributed by atoms with Crippen molar-refractivity contribution in [2.75, 3.05) is 0 Å². The van der Waals surface area contributed by atoms with Crippen molar-refractivity contribution in [1.29, 1.82) is 0 Å². The summed E-state index contributed by atoms with van der Waals surface area (Å²) < 4.78 is 82.0. The van der Waals surface area contributed by atoms with Crippen molar-refractivity contribution in [1.82, 2.24) is 0 Å². The summed E-state index contributed by atoms with van der Waals surface area (Å²) in [5.41, 5.74) is 0. The second kappa shape index (κ2) is 22.8. The molecule has 0 heterocycles. The molecule has 0 rings (SSSR count). The van der Waals surface area contributed by atoms with Crippen LogP contribution in [-0.2, 0) is 36.5 Å². The summed E-state index contributed by atoms with van der Waals surface area (Å²) in [5, 5.41) is 21.5. The summed E-state index contributed by atoms with van der Waals surface area (Å²) in [5.74, 6) is 0. The molecular formula is C8H36Na4O28P8. The molecule has 0 spiro atoms. The summed E-state index contributed by atoms with van der Waals surface area (Å²) in [6, 6.07) is 0. The Labute approximate surface area is 358 Å². The SMILES string of the molecule is CC(O)(P(=O)(O)O)P(=O)(O)O.CC(O)(P(=O)(O)O)P(=O)(O)O.CC(O)(P(=O)(O)O)P(=O)(O)O.CC(O)(P(=O)(O)O)P(=O)(O)O.[NaH].[NaH].[NaH].[NaH]. The predicted molar refractivity (Wildman–Crippen MR) is 167 cm³/mol. The average molecular weight is 920 g/mol. The molecule has 48 heavy (non-hydrogen) atoms. The van der Waals surface area contributed by atoms with Crippen LogP contribution < -0.4 is 0 Å². The van der Waals surface area contributed by atoms with Crippen molar-refractivity contribution in [3.05, 3.63) is 0 Å². The fourth-order valence-corrected chi connectivity index (χ4v) is 6.11. The van der Waals surface area contributed by atoms with Gasteiger partial charge < -0.3 is 98.7 Å². The molecule has 28 nitrogen and oxygen atoms in total. The van der Waals surface area contributed by atoms with Crippen LogP contribution in [0.25, 0.3) is 0 Å². The van der Waals surface area contributed by atoms with Gasteiger partial charge in [-0.05, 0) is 27.7 Å². The molecule has 0 atom stereocenters. The number of aliphatic hydroxyl groups is 4. The Kier molecular flexibility index (Phi) is 33.7. The summed E-state index contributed by atoms with van der Waals surface area (Å²) in [6.07, 6.45) is 0. The van der Waals surface area contributed by atoms with E-state index in [1.165, 1.54) is 0 Å². The third-order valence-electron chi connectivity index (χ3n) is 4.41. The van der Waals surface area contributed by atoms with Gasteiger partial charge in [0.2, 0.25) is 0 Å². The molecular weight excluding hydrogens is 884 g/mol. The Bertz CT molecular complexity index is 1060. The maximum atomic E-state index is 10.3. The topological polar surface area (TPSA) is 541 Å². The third-order valence-corrected chi connectivity index (χ3v) is 19.5. The van der Waals surface area contributed by atoms with E-state index in [1.54, 1.807) is 0 Å². The normalized spacial score (nSPS) is 13.8. The number of rotatable bonds is 8. The van der Waals surface area contributed by atoms with Gasteiger partial charge in [-0.15, -0.1) is 0 Å². The van der Waals surface area contributed by atoms with Gasteiger partial charge in [-0.25, -0.2) is 0 Å². The van der Waals surface area contributed by atoms with Crippen LogP contribution in [0.4, 0.5) is 0 Å². The van der Waals surface area contributed by atoms with Gasteiger partial charge in [0, 0.05) is 0 Å². The molecule has 0 aromatic heterocycles. The van der Waals surface area contributed by atoms with E-state index in [-0.39, 0.29) is 118 Å². The van der Waals surface area contributed by atoms with Crippen LogP contribution in [0, 0.1) is 0 Å². The monoisotopic (exact) mass is 920 g/mol. The Balaban J connectivity index is -0.0000000721. The van der Waals surface area contributed by atoms with Crippen LogP contribution in [0.2, 0.25) is 0 Å². The van der Waals surface area contributed by atoms with Crippen LogP contribution in [-0.4, -0.2) is 237 Å². The zero-order chi connectivity index (χ0) is 38.0. The van der Waals surface area contributed by atoms with Crippen LogP contribution in [0.1, 0.15) is 27.7 Å². The molecule has 0 aromatic rings. The van der Waals surface area contributed by atoms with Gasteiger partial charge in [0.1, 0.15) is 0 Å². The molecule has 0 bridgehead atoms. The molecule has 280 valence electrons. The van der Waals surface area contributed by atoms with Crippen molar-refractivity contribution in [3.8, 4) is 0 Å². The molecule has 0 aliphatic rings. The standard InChI is InChI=1S/4C2H8O7P2.4Na.4H/c4*1-2(3,10(4,5)6)11(7,8)9;;;;;;;;/h4*3H,1H3,(H2,4,5,6)(H2,7,8,9);;;;;;;;. The van der Waals surface area contributed by atoms with Crippen molar-refractivity contribution in [3.63, 3.8) is 0 Å². The first-order valence-corrected chi connectivity index (χ1v) is 22.2. The van der Waals surface area contributed by atoms with Crippen molar-refractivity contribution in [2.45, 2.75) is 48.0 Å². The molecule has 40 heteroatoms. The molecule has 0 saturated heterocycles. The van der Waals surface area contributed by atoms with Gasteiger partial charge in [0.25, 0.3) is 20.3 Å². The maximum absolute atomic E-state index is 10.3. The second-order valence-corrected chi connectivity index (χ2v) is 25.3. The van der Waals surface area contributed by atoms with E-state index >= 15 is 0 Å². The van der Waals surface area contributed by atoms with E-state index in [2.05, 4.69) is 0 Å². The van der Waals surface area contributed by atoms with E-state index in [0.717, 1.165) is 0 Å². The molecule has 0 radical (unpaired) electrons. The van der Waals surface area contributed by atoms with Crippen molar-refractivity contribution < 1.29 is 135 Å². The van der Waals surface area contributed by atoms with Gasteiger partial charge in [-0.3, -0.25) is 36.5 Å². The number of hydrogen-bond donors (Lipinski definition) is 20. The predicted octanol–water partition coefficient (Wildman–Crippen LogP) is -6.56. The Morgan fingerprint density at radius 1 is 0.250 bits per heavy atom. The zero-order valence-electron chi connectivity index (χ0n) is 21.8. The van der Waals surface area contributed by atoms with Gasteiger partial charge in [-0.1, -0.05) is 0 Å². The van der Waals surface area contributed by atoms with E-state index in [1.807, 2.05) is 0 Å². The molecule has 0 saturated carbocycles. The molecule has 0 aliphatic carbocycles. The van der Waals surface area contributed by atoms with Crippen LogP contribution in [0.3, 0.4) is 0 Å². The molecule has 0 fully saturated rings. The van der Waals surface area contributed by atoms with E-state index < -0.39 is 81.1 Å². The quantitative estimate of drug-likeness (QED) is 0.0795. The fourth-order valence-electron chi connectivity index (χ4n) is 0.679. The summed E-state index contributed by atoms with van der Waals surface area (Å²) in [6.45, 7) is 1.53. The Morgan fingerprint density at radius 3 is 0.292 bits per heavy atom. The molecule has 20 N–H and O–H groups in total. The minimum atomic E-state index is -5.20. The van der Waals surface area contributed by atoms with E-state index in [9.17, 15) is 36.5 Å². The first-order valence-electron chi connectivity index (χ1n) is 9.34. The van der Waals surface area contributed by atoms with Crippen molar-refractivity contribution >= 4 is 179 Å². The van der Waals surface area contributed by atoms with Crippen molar-refractivity contribution in [2.24, 2.45) is 0 Å². The minimum absolute atomic E-state index is 0. The van der Waals surface area contributed by atoms with Crippen LogP contribution >= 0.6 is 60.8 Å². The summed E-state index contributed by atoms with van der Waals surface area (Å²) >= 11 is 0. The molecule has 0 aliphatic heterocycles. The summed E-state index contributed by atoms with van der Waals surface area (Å²) in [4.78, 5) is 132. The average Bonchev–Trinajstić information content (AvgIpc) is 2.62. The Morgan fingerprint density at radius 2 is 0.292 bits per heavy atom. The summed E-state index contributed by atoms with van der Waals surface area (Å²) in [7, 11) is -41.6. The Hall–Kier alpha value is 5.04. The van der Waals surface area contributed by atoms with Gasteiger partial charge >= 0.3 is 179 Å². The number of hydrogen-bond acceptors (Lipinski definition) is 12. The fraction of sp³-hybridized carbons (Fsp3) is 1.00. The first kappa shape index (κ1) is 70.8. The first-order chi connectivity index (χ1) is 18.0. The van der Waals surface area contributed by atoms with E-state index in [4.69, 9.17) is 98.7 Å². The van der Waals surface area contributed by atoms with Crippen LogP contribution in [0.5, 0.6) is 0 Å². The third kappa shape index (κ3) is 21.5. The molecule has 0 unspecified atom stereocenters. The van der Waals surface area contributed by atoms with Gasteiger partial charge in [0.15, 0.2) is 0 Å².